The smallest absolute Gasteiger partial charge is 0.169 e. The number of rotatable bonds is 4. The molecule has 3 rings (SSSR count). The first kappa shape index (κ1) is 12.4. The molecular formula is C16H14N2O2. The minimum atomic E-state index is 0.0498. The van der Waals surface area contributed by atoms with Crippen molar-refractivity contribution >= 4 is 16.7 Å². The molecule has 0 unspecified atom stereocenters. The van der Waals surface area contributed by atoms with Crippen molar-refractivity contribution in [2.24, 2.45) is 0 Å². The number of nitrogens with zero attached hydrogens (tertiary/aromatic N) is 1. The fraction of sp³-hybridized carbons (Fsp3) is 0.125. The zero-order valence-corrected chi connectivity index (χ0v) is 11.1. The summed E-state index contributed by atoms with van der Waals surface area (Å²) in [6, 6.07) is 9.42. The van der Waals surface area contributed by atoms with Crippen molar-refractivity contribution in [3.63, 3.8) is 0 Å². The summed E-state index contributed by atoms with van der Waals surface area (Å²) in [7, 11) is 1.61. The van der Waals surface area contributed by atoms with Gasteiger partial charge in [-0.25, -0.2) is 0 Å². The highest BCUT2D eigenvalue weighted by atomic mass is 16.5. The van der Waals surface area contributed by atoms with Gasteiger partial charge in [-0.3, -0.25) is 9.78 Å². The van der Waals surface area contributed by atoms with Crippen LogP contribution in [-0.4, -0.2) is 22.9 Å². The summed E-state index contributed by atoms with van der Waals surface area (Å²) < 4.78 is 5.28. The van der Waals surface area contributed by atoms with Crippen molar-refractivity contribution in [2.75, 3.05) is 7.11 Å². The molecule has 1 N–H and O–H groups in total. The van der Waals surface area contributed by atoms with Crippen LogP contribution in [0.5, 0.6) is 5.75 Å². The molecule has 2 heterocycles. The van der Waals surface area contributed by atoms with Crippen LogP contribution in [0.1, 0.15) is 15.9 Å². The number of hydrogen-bond donors (Lipinski definition) is 1. The maximum absolute atomic E-state index is 12.5. The van der Waals surface area contributed by atoms with Crippen molar-refractivity contribution < 1.29 is 9.53 Å². The first-order valence-corrected chi connectivity index (χ1v) is 6.36. The molecule has 0 aliphatic heterocycles. The number of aromatic amines is 1. The van der Waals surface area contributed by atoms with E-state index in [1.807, 2.05) is 30.3 Å². The van der Waals surface area contributed by atoms with Gasteiger partial charge in [0.25, 0.3) is 0 Å². The number of ketones is 1. The second-order valence-electron chi connectivity index (χ2n) is 4.54. The van der Waals surface area contributed by atoms with Crippen LogP contribution in [-0.2, 0) is 6.42 Å². The maximum Gasteiger partial charge on any atom is 0.169 e. The van der Waals surface area contributed by atoms with Gasteiger partial charge < -0.3 is 9.72 Å². The number of pyridine rings is 1. The molecular weight excluding hydrogens is 252 g/mol. The quantitative estimate of drug-likeness (QED) is 0.738. The molecule has 1 aromatic carbocycles. The molecule has 0 saturated heterocycles. The lowest BCUT2D eigenvalue weighted by Crippen LogP contribution is -2.04. The van der Waals surface area contributed by atoms with Crippen LogP contribution in [0.3, 0.4) is 0 Å². The second-order valence-corrected chi connectivity index (χ2v) is 4.54. The van der Waals surface area contributed by atoms with Crippen molar-refractivity contribution in [3.8, 4) is 5.75 Å². The normalized spacial score (nSPS) is 10.7. The average Bonchev–Trinajstić information content (AvgIpc) is 2.92. The molecule has 0 aliphatic carbocycles. The summed E-state index contributed by atoms with van der Waals surface area (Å²) in [4.78, 5) is 19.6. The van der Waals surface area contributed by atoms with Crippen LogP contribution in [0, 0.1) is 0 Å². The summed E-state index contributed by atoms with van der Waals surface area (Å²) in [6.45, 7) is 0. The van der Waals surface area contributed by atoms with Crippen LogP contribution >= 0.6 is 0 Å². The molecule has 0 aliphatic rings. The van der Waals surface area contributed by atoms with Crippen molar-refractivity contribution in [3.05, 3.63) is 60.0 Å². The van der Waals surface area contributed by atoms with Crippen LogP contribution in [0.15, 0.2) is 48.9 Å². The van der Waals surface area contributed by atoms with Crippen LogP contribution in [0.4, 0.5) is 0 Å². The van der Waals surface area contributed by atoms with Gasteiger partial charge in [-0.1, -0.05) is 18.2 Å². The predicted molar refractivity (Wildman–Crippen MR) is 77.1 cm³/mol. The predicted octanol–water partition coefficient (Wildman–Crippen LogP) is 3.00. The highest BCUT2D eigenvalue weighted by molar-refractivity contribution is 6.08. The van der Waals surface area contributed by atoms with Crippen molar-refractivity contribution in [1.29, 1.82) is 0 Å². The maximum atomic E-state index is 12.5. The highest BCUT2D eigenvalue weighted by Gasteiger charge is 2.14. The Kier molecular flexibility index (Phi) is 3.21. The lowest BCUT2D eigenvalue weighted by Gasteiger charge is -2.06. The third-order valence-corrected chi connectivity index (χ3v) is 3.33. The molecule has 100 valence electrons. The van der Waals surface area contributed by atoms with E-state index >= 15 is 0 Å². The highest BCUT2D eigenvalue weighted by Crippen LogP contribution is 2.22. The lowest BCUT2D eigenvalue weighted by atomic mass is 10.0. The Balaban J connectivity index is 1.93. The SMILES string of the molecule is COc1ccccc1CC(=O)c1c[nH]c2ccncc12. The monoisotopic (exact) mass is 266 g/mol. The number of para-hydroxylation sites is 1. The van der Waals surface area contributed by atoms with Gasteiger partial charge in [0.2, 0.25) is 0 Å². The number of fused-ring (bicyclic) bond motifs is 1. The fourth-order valence-corrected chi connectivity index (χ4v) is 2.31. The molecule has 4 nitrogen and oxygen atoms in total. The minimum absolute atomic E-state index is 0.0498. The van der Waals surface area contributed by atoms with Gasteiger partial charge >= 0.3 is 0 Å². The Morgan fingerprint density at radius 1 is 1.30 bits per heavy atom. The van der Waals surface area contributed by atoms with Crippen LogP contribution in [0.25, 0.3) is 10.9 Å². The van der Waals surface area contributed by atoms with E-state index in [0.717, 1.165) is 22.2 Å². The molecule has 0 fully saturated rings. The third-order valence-electron chi connectivity index (χ3n) is 3.33. The van der Waals surface area contributed by atoms with Gasteiger partial charge in [-0.2, -0.15) is 0 Å². The van der Waals surface area contributed by atoms with E-state index in [0.29, 0.717) is 12.0 Å². The number of aromatic nitrogens is 2. The van der Waals surface area contributed by atoms with Gasteiger partial charge in [0.05, 0.1) is 7.11 Å². The number of carbonyl (C=O) groups is 1. The standard InChI is InChI=1S/C16H14N2O2/c1-20-16-5-3-2-4-11(16)8-15(19)13-10-18-14-6-7-17-9-12(13)14/h2-7,9-10,18H,8H2,1H3. The lowest BCUT2D eigenvalue weighted by molar-refractivity contribution is 0.0993. The largest absolute Gasteiger partial charge is 0.496 e. The third kappa shape index (κ3) is 2.16. The Bertz CT molecular complexity index is 762. The van der Waals surface area contributed by atoms with Gasteiger partial charge in [0.1, 0.15) is 5.75 Å². The Hall–Kier alpha value is -2.62. The molecule has 2 aromatic heterocycles. The summed E-state index contributed by atoms with van der Waals surface area (Å²) in [5.41, 5.74) is 2.47. The van der Waals surface area contributed by atoms with E-state index in [-0.39, 0.29) is 5.78 Å². The van der Waals surface area contributed by atoms with Crippen molar-refractivity contribution in [1.82, 2.24) is 9.97 Å². The second kappa shape index (κ2) is 5.17. The van der Waals surface area contributed by atoms with E-state index in [1.54, 1.807) is 25.7 Å². The zero-order valence-electron chi connectivity index (χ0n) is 11.1. The number of hydrogen-bond acceptors (Lipinski definition) is 3. The number of benzene rings is 1. The number of nitrogens with one attached hydrogen (secondary N) is 1. The average molecular weight is 266 g/mol. The number of Topliss-reactive ketones (excluding diaryl/α,β-unsaturated/α-hetero) is 1. The van der Waals surface area contributed by atoms with Gasteiger partial charge in [0, 0.05) is 47.0 Å². The molecule has 0 bridgehead atoms. The van der Waals surface area contributed by atoms with Gasteiger partial charge in [-0.05, 0) is 12.1 Å². The molecule has 0 amide bonds. The van der Waals surface area contributed by atoms with E-state index in [4.69, 9.17) is 4.74 Å². The molecule has 3 aromatic rings. The molecule has 4 heteroatoms. The van der Waals surface area contributed by atoms with Crippen LogP contribution in [0.2, 0.25) is 0 Å². The number of H-pyrrole nitrogens is 1. The number of carbonyl (C=O) groups excluding carboxylic acids is 1. The molecule has 20 heavy (non-hydrogen) atoms. The molecule has 0 radical (unpaired) electrons. The first-order valence-electron chi connectivity index (χ1n) is 6.36. The van der Waals surface area contributed by atoms with Gasteiger partial charge in [-0.15, -0.1) is 0 Å². The Morgan fingerprint density at radius 2 is 2.15 bits per heavy atom. The van der Waals surface area contributed by atoms with E-state index in [1.165, 1.54) is 0 Å². The molecule has 0 saturated carbocycles. The zero-order chi connectivity index (χ0) is 13.9. The summed E-state index contributed by atoms with van der Waals surface area (Å²) in [5, 5.41) is 0.854. The minimum Gasteiger partial charge on any atom is -0.496 e. The van der Waals surface area contributed by atoms with Crippen LogP contribution < -0.4 is 4.74 Å². The van der Waals surface area contributed by atoms with Gasteiger partial charge in [0.15, 0.2) is 5.78 Å². The summed E-state index contributed by atoms with van der Waals surface area (Å²) in [6.07, 6.45) is 5.46. The Morgan fingerprint density at radius 3 is 3.00 bits per heavy atom. The van der Waals surface area contributed by atoms with E-state index < -0.39 is 0 Å². The fourth-order valence-electron chi connectivity index (χ4n) is 2.31. The first-order chi connectivity index (χ1) is 9.79. The van der Waals surface area contributed by atoms with E-state index in [9.17, 15) is 4.79 Å². The number of methoxy groups -OCH3 is 1. The van der Waals surface area contributed by atoms with E-state index in [2.05, 4.69) is 9.97 Å². The topological polar surface area (TPSA) is 55.0 Å². The summed E-state index contributed by atoms with van der Waals surface area (Å²) >= 11 is 0. The molecule has 0 atom stereocenters. The van der Waals surface area contributed by atoms with Crippen molar-refractivity contribution in [2.45, 2.75) is 6.42 Å². The number of ether oxygens (including phenoxy) is 1. The molecule has 0 spiro atoms. The Labute approximate surface area is 116 Å². The summed E-state index contributed by atoms with van der Waals surface area (Å²) in [5.74, 6) is 0.785.